The highest BCUT2D eigenvalue weighted by atomic mass is 32.2. The zero-order chi connectivity index (χ0) is 86.5. The van der Waals surface area contributed by atoms with Gasteiger partial charge < -0.3 is 61.5 Å². The summed E-state index contributed by atoms with van der Waals surface area (Å²) >= 11 is 0. The maximum Gasteiger partial charge on any atom is 0.333 e. The van der Waals surface area contributed by atoms with Crippen LogP contribution in [0, 0.1) is 11.8 Å². The van der Waals surface area contributed by atoms with E-state index in [1.807, 2.05) is 27.9 Å². The predicted molar refractivity (Wildman–Crippen MR) is 460 cm³/mol. The van der Waals surface area contributed by atoms with Crippen LogP contribution in [0.2, 0.25) is 0 Å². The number of aryl methyl sites for hydroxylation is 8. The van der Waals surface area contributed by atoms with Crippen molar-refractivity contribution in [1.82, 2.24) is 73.5 Å². The van der Waals surface area contributed by atoms with Gasteiger partial charge in [-0.05, 0) is 270 Å². The van der Waals surface area contributed by atoms with Gasteiger partial charge in [-0.25, -0.2) is 90.5 Å². The van der Waals surface area contributed by atoms with Gasteiger partial charge >= 0.3 is 24.1 Å². The van der Waals surface area contributed by atoms with Gasteiger partial charge in [-0.15, -0.1) is 0 Å². The van der Waals surface area contributed by atoms with Crippen molar-refractivity contribution in [1.29, 1.82) is 0 Å². The fourth-order valence-electron chi connectivity index (χ4n) is 19.9. The number of fused-ring (bicyclic) bond motifs is 12. The molecule has 8 amide bonds. The molecular formula is C84H108N20O16S4. The average Bonchev–Trinajstić information content (AvgIpc) is 1.61. The normalized spacial score (nSPS) is 19.4. The van der Waals surface area contributed by atoms with Gasteiger partial charge in [-0.2, -0.15) is 20.4 Å². The number of aromatic nitrogens is 8. The summed E-state index contributed by atoms with van der Waals surface area (Å²) < 4.78 is 141. The van der Waals surface area contributed by atoms with Crippen LogP contribution in [0.5, 0.6) is 23.5 Å². The van der Waals surface area contributed by atoms with Crippen LogP contribution in [0.4, 0.5) is 41.9 Å². The van der Waals surface area contributed by atoms with Crippen molar-refractivity contribution in [2.75, 3.05) is 88.0 Å². The van der Waals surface area contributed by atoms with Gasteiger partial charge in [0, 0.05) is 47.7 Å². The molecule has 20 rings (SSSR count). The molecule has 8 aliphatic carbocycles. The first kappa shape index (κ1) is 85.8. The number of ether oxygens (including phenoxy) is 4. The molecule has 12 aliphatic rings. The van der Waals surface area contributed by atoms with E-state index in [0.717, 1.165) is 241 Å². The summed E-state index contributed by atoms with van der Waals surface area (Å²) in [4.78, 5) is 52.5. The van der Waals surface area contributed by atoms with Crippen molar-refractivity contribution < 1.29 is 71.8 Å². The molecule has 0 bridgehead atoms. The number of anilines is 4. The Morgan fingerprint density at radius 2 is 0.597 bits per heavy atom. The number of nitrogens with one attached hydrogen (secondary N) is 10. The molecular weight excluding hydrogens is 1670 g/mol. The fraction of sp³-hybridized carbons (Fsp3) is 0.524. The first-order valence-corrected chi connectivity index (χ1v) is 49.2. The Morgan fingerprint density at radius 3 is 0.839 bits per heavy atom. The Balaban J connectivity index is 0.000000117. The Kier molecular flexibility index (Phi) is 24.6. The van der Waals surface area contributed by atoms with Crippen LogP contribution in [-0.2, 0) is 169 Å². The Morgan fingerprint density at radius 1 is 0.363 bits per heavy atom. The largest absolute Gasteiger partial charge is 0.476 e. The van der Waals surface area contributed by atoms with Crippen molar-refractivity contribution in [3.8, 4) is 23.5 Å². The number of nitrogens with two attached hydrogens (primary N) is 1. The molecule has 0 saturated carbocycles. The Labute approximate surface area is 720 Å². The number of rotatable bonds is 19. The molecule has 664 valence electrons. The van der Waals surface area contributed by atoms with Crippen molar-refractivity contribution in [3.05, 3.63) is 138 Å². The van der Waals surface area contributed by atoms with Crippen LogP contribution in [0.15, 0.2) is 68.6 Å². The molecule has 0 radical (unpaired) electrons. The Bertz CT molecular complexity index is 5710. The van der Waals surface area contributed by atoms with E-state index in [-0.39, 0.29) is 67.0 Å². The van der Waals surface area contributed by atoms with Gasteiger partial charge in [-0.3, -0.25) is 0 Å². The lowest BCUT2D eigenvalue weighted by Gasteiger charge is -2.26. The number of carbonyl (C=O) groups is 4. The van der Waals surface area contributed by atoms with E-state index >= 15 is 0 Å². The highest BCUT2D eigenvalue weighted by molar-refractivity contribution is 7.91. The molecule has 0 spiro atoms. The second-order valence-corrected chi connectivity index (χ2v) is 40.7. The maximum atomic E-state index is 13.0. The second-order valence-electron chi connectivity index (χ2n) is 34.1. The minimum absolute atomic E-state index is 0.0616. The smallest absolute Gasteiger partial charge is 0.333 e. The quantitative estimate of drug-likeness (QED) is 0.0398. The third kappa shape index (κ3) is 17.7. The van der Waals surface area contributed by atoms with Gasteiger partial charge in [0.15, 0.2) is 19.6 Å². The average molecular weight is 1780 g/mol. The summed E-state index contributed by atoms with van der Waals surface area (Å²) in [6.45, 7) is 10.3. The molecule has 4 aliphatic heterocycles. The monoisotopic (exact) mass is 1780 g/mol. The first-order valence-electron chi connectivity index (χ1n) is 43.3. The predicted octanol–water partition coefficient (Wildman–Crippen LogP) is 6.76. The number of hydrogen-bond donors (Lipinski definition) is 11. The molecule has 4 atom stereocenters. The molecule has 8 aromatic rings. The molecule has 8 heterocycles. The zero-order valence-corrected chi connectivity index (χ0v) is 73.4. The minimum Gasteiger partial charge on any atom is -0.476 e. The number of benzene rings is 4. The number of likely N-dealkylation sites (N-methyl/N-ethyl adjacent to an activating group) is 2. The lowest BCUT2D eigenvalue weighted by Crippen LogP contribution is -2.42. The summed E-state index contributed by atoms with van der Waals surface area (Å²) in [6, 6.07) is 6.16. The first-order chi connectivity index (χ1) is 59.7. The molecule has 0 fully saturated rings. The SMILES string of the molecule is CCNC1COc2c(S(=O)(=O)NC(=O)Nc3c4c(cc5c3CCC5)CCC4)cnn2C1.CCN[C@@H]1COc2c(S(=O)(=O)NC(=O)Nc3c4c(cc5c3CCC5)CCC4)cnn2C1.CN(C)CC1COc2c(S(=O)(=O)NC(=O)Nc3c4c(cc5c3CCC5)CCC4)cnn2C1.NCC1COc2c(S(=O)(=O)NC(=O)Nc3c4c(cc5c3CCC5)CCC4)cnn2C1. The van der Waals surface area contributed by atoms with E-state index in [9.17, 15) is 52.8 Å². The lowest BCUT2D eigenvalue weighted by molar-refractivity contribution is 0.136. The van der Waals surface area contributed by atoms with Crippen LogP contribution < -0.4 is 75.5 Å². The highest BCUT2D eigenvalue weighted by Crippen LogP contribution is 2.44. The van der Waals surface area contributed by atoms with Crippen molar-refractivity contribution in [3.63, 3.8) is 0 Å². The van der Waals surface area contributed by atoms with Gasteiger partial charge in [0.05, 0.1) is 76.3 Å². The summed E-state index contributed by atoms with van der Waals surface area (Å²) in [5.74, 6) is 0.938. The fourth-order valence-corrected chi connectivity index (χ4v) is 23.8. The minimum atomic E-state index is -4.13. The van der Waals surface area contributed by atoms with E-state index in [1.54, 1.807) is 4.68 Å². The molecule has 36 nitrogen and oxygen atoms in total. The van der Waals surface area contributed by atoms with Gasteiger partial charge in [0.25, 0.3) is 40.1 Å². The maximum absolute atomic E-state index is 13.0. The van der Waals surface area contributed by atoms with Crippen LogP contribution >= 0.6 is 0 Å². The molecule has 4 aromatic heterocycles. The number of carbonyl (C=O) groups excluding carboxylic acids is 4. The van der Waals surface area contributed by atoms with E-state index in [2.05, 4.69) is 100 Å². The molecule has 12 N–H and O–H groups in total. The highest BCUT2D eigenvalue weighted by Gasteiger charge is 2.39. The summed E-state index contributed by atoms with van der Waals surface area (Å²) in [5, 5.41) is 34.5. The third-order valence-corrected chi connectivity index (χ3v) is 30.5. The summed E-state index contributed by atoms with van der Waals surface area (Å²) in [6.07, 6.45) is 28.6. The second kappa shape index (κ2) is 35.6. The van der Waals surface area contributed by atoms with E-state index < -0.39 is 64.2 Å². The number of amides is 8. The van der Waals surface area contributed by atoms with E-state index in [4.69, 9.17) is 24.7 Å². The van der Waals surface area contributed by atoms with E-state index in [0.29, 0.717) is 59.2 Å². The van der Waals surface area contributed by atoms with Crippen molar-refractivity contribution in [2.24, 2.45) is 17.6 Å². The lowest BCUT2D eigenvalue weighted by atomic mass is 9.99. The molecule has 0 saturated heterocycles. The van der Waals surface area contributed by atoms with Crippen LogP contribution in [0.25, 0.3) is 0 Å². The van der Waals surface area contributed by atoms with Crippen molar-refractivity contribution in [2.45, 2.75) is 226 Å². The topological polar surface area (TPSA) is 463 Å². The molecule has 4 aromatic carbocycles. The number of urea groups is 4. The summed E-state index contributed by atoms with van der Waals surface area (Å²) in [5.41, 5.74) is 28.2. The van der Waals surface area contributed by atoms with Crippen LogP contribution in [-0.4, -0.2) is 181 Å². The molecule has 124 heavy (non-hydrogen) atoms. The summed E-state index contributed by atoms with van der Waals surface area (Å²) in [7, 11) is -12.6. The number of nitrogens with zero attached hydrogens (tertiary/aromatic N) is 9. The molecule has 3 unspecified atom stereocenters. The number of sulfonamides is 4. The van der Waals surface area contributed by atoms with Crippen LogP contribution in [0.1, 0.15) is 154 Å². The number of hydrogen-bond acceptors (Lipinski definition) is 24. The van der Waals surface area contributed by atoms with Gasteiger partial charge in [0.1, 0.15) is 13.2 Å². The zero-order valence-electron chi connectivity index (χ0n) is 70.2. The van der Waals surface area contributed by atoms with Gasteiger partial charge in [-0.1, -0.05) is 38.1 Å². The van der Waals surface area contributed by atoms with Gasteiger partial charge in [0.2, 0.25) is 23.5 Å². The Hall–Kier alpha value is -10.4. The van der Waals surface area contributed by atoms with Crippen molar-refractivity contribution >= 4 is 87.0 Å². The third-order valence-electron chi connectivity index (χ3n) is 25.3. The molecule has 40 heteroatoms. The van der Waals surface area contributed by atoms with Crippen LogP contribution in [0.3, 0.4) is 0 Å². The van der Waals surface area contributed by atoms with E-state index in [1.165, 1.54) is 83.3 Å². The standard InChI is InChI=1S/C22H29N5O4S.2C21H27N5O4S.C20H25N5O4S/c1-26(2)11-14-12-27-21(31-13-14)19(10-23-27)32(29,30)25-22(28)24-20-17-7-3-5-15(17)9-16-6-4-8-18(16)20;2*1-2-22-15-11-26-20(30-12-15)18(10-23-26)31(28,29)25-21(27)24-19-16-7-3-5-13(16)9-14-6-4-8-17(14)19;21-8-12-10-25-19(29-11-12)17(9-22-25)30(27,28)24-20(26)23-18-15-5-1-3-13(15)7-14-4-2-6-16(14)18/h9-10,14H,3-8,11-13H2,1-2H3,(H2,24,25,28);2*9-10,15,22H,2-8,11-12H2,1H3,(H2,24,25,27);7,9,12H,1-6,8,10-11,21H2,(H2,23,24,26)/t;15-;;/m.0../s1.